The van der Waals surface area contributed by atoms with Crippen LogP contribution in [0.15, 0.2) is 29.4 Å². The maximum atomic E-state index is 13.3. The molecule has 0 radical (unpaired) electrons. The fourth-order valence-corrected chi connectivity index (χ4v) is 3.33. The summed E-state index contributed by atoms with van der Waals surface area (Å²) in [5.74, 6) is 0.181. The highest BCUT2D eigenvalue weighted by Crippen LogP contribution is 2.19. The number of rotatable bonds is 7. The van der Waals surface area contributed by atoms with Crippen LogP contribution in [0, 0.1) is 5.82 Å². The number of guanidine groups is 1. The molecule has 1 fully saturated rings. The molecule has 1 aliphatic rings. The predicted octanol–water partition coefficient (Wildman–Crippen LogP) is 2.56. The molecule has 7 nitrogen and oxygen atoms in total. The number of hydrogen-bond donors (Lipinski definition) is 3. The van der Waals surface area contributed by atoms with E-state index in [9.17, 15) is 14.0 Å². The second kappa shape index (κ2) is 11.1. The molecule has 2 amide bonds. The summed E-state index contributed by atoms with van der Waals surface area (Å²) in [5.41, 5.74) is 1.86. The van der Waals surface area contributed by atoms with E-state index in [1.54, 1.807) is 6.07 Å². The Kier molecular flexibility index (Phi) is 8.87. The van der Waals surface area contributed by atoms with Crippen molar-refractivity contribution in [2.45, 2.75) is 32.6 Å². The number of aromatic amines is 1. The molecule has 0 saturated carbocycles. The van der Waals surface area contributed by atoms with Crippen molar-refractivity contribution in [2.75, 3.05) is 26.2 Å². The number of likely N-dealkylation sites (tertiary alicyclic amines) is 1. The number of imide groups is 1. The Morgan fingerprint density at radius 3 is 2.72 bits per heavy atom. The van der Waals surface area contributed by atoms with Gasteiger partial charge in [0.2, 0.25) is 11.8 Å². The Balaban J connectivity index is 0.00000300. The van der Waals surface area contributed by atoms with Gasteiger partial charge < -0.3 is 15.6 Å². The quantitative estimate of drug-likeness (QED) is 0.229. The fourth-order valence-electron chi connectivity index (χ4n) is 3.33. The first kappa shape index (κ1) is 23.1. The summed E-state index contributed by atoms with van der Waals surface area (Å²) >= 11 is 0. The average molecular weight is 515 g/mol. The number of nitrogens with zero attached hydrogens (tertiary/aromatic N) is 2. The summed E-state index contributed by atoms with van der Waals surface area (Å²) in [5, 5.41) is 7.33. The molecule has 2 heterocycles. The van der Waals surface area contributed by atoms with Crippen LogP contribution in [0.2, 0.25) is 0 Å². The zero-order valence-electron chi connectivity index (χ0n) is 16.5. The number of halogens is 2. The van der Waals surface area contributed by atoms with Crippen LogP contribution in [-0.2, 0) is 16.0 Å². The number of fused-ring (bicyclic) bond motifs is 1. The van der Waals surface area contributed by atoms with Crippen LogP contribution < -0.4 is 10.6 Å². The highest BCUT2D eigenvalue weighted by atomic mass is 127. The summed E-state index contributed by atoms with van der Waals surface area (Å²) in [4.78, 5) is 32.6. The number of carbonyl (C=O) groups is 2. The maximum absolute atomic E-state index is 13.3. The largest absolute Gasteiger partial charge is 0.361 e. The lowest BCUT2D eigenvalue weighted by molar-refractivity contribution is -0.147. The normalized spacial score (nSPS) is 14.8. The molecule has 29 heavy (non-hydrogen) atoms. The summed E-state index contributed by atoms with van der Waals surface area (Å²) in [6.07, 6.45) is 4.12. The second-order valence-corrected chi connectivity index (χ2v) is 6.73. The minimum Gasteiger partial charge on any atom is -0.361 e. The van der Waals surface area contributed by atoms with E-state index in [1.807, 2.05) is 13.1 Å². The number of benzene rings is 1. The Bertz CT molecular complexity index is 867. The van der Waals surface area contributed by atoms with E-state index in [-0.39, 0.29) is 41.6 Å². The van der Waals surface area contributed by atoms with Crippen LogP contribution in [0.3, 0.4) is 0 Å². The van der Waals surface area contributed by atoms with Crippen LogP contribution in [-0.4, -0.2) is 53.8 Å². The molecule has 2 aromatic rings. The van der Waals surface area contributed by atoms with Crippen molar-refractivity contribution in [3.05, 3.63) is 35.8 Å². The molecule has 0 aliphatic carbocycles. The highest BCUT2D eigenvalue weighted by Gasteiger charge is 2.25. The fraction of sp³-hybridized carbons (Fsp3) is 0.450. The van der Waals surface area contributed by atoms with Crippen molar-refractivity contribution < 1.29 is 14.0 Å². The van der Waals surface area contributed by atoms with Gasteiger partial charge in [0, 0.05) is 56.1 Å². The third-order valence-corrected chi connectivity index (χ3v) is 4.74. The molecule has 1 saturated heterocycles. The third-order valence-electron chi connectivity index (χ3n) is 4.74. The number of amides is 2. The van der Waals surface area contributed by atoms with Crippen LogP contribution in [0.4, 0.5) is 4.39 Å². The van der Waals surface area contributed by atoms with Gasteiger partial charge in [-0.15, -0.1) is 24.0 Å². The number of aliphatic imine (C=N–C) groups is 1. The lowest BCUT2D eigenvalue weighted by Gasteiger charge is -2.25. The first-order valence-corrected chi connectivity index (χ1v) is 9.69. The summed E-state index contributed by atoms with van der Waals surface area (Å²) in [6, 6.07) is 4.71. The van der Waals surface area contributed by atoms with Crippen LogP contribution in [0.25, 0.3) is 10.9 Å². The van der Waals surface area contributed by atoms with Gasteiger partial charge in [-0.3, -0.25) is 19.5 Å². The first-order valence-electron chi connectivity index (χ1n) is 9.69. The molecule has 0 unspecified atom stereocenters. The molecule has 0 atom stereocenters. The van der Waals surface area contributed by atoms with Crippen molar-refractivity contribution in [3.8, 4) is 0 Å². The van der Waals surface area contributed by atoms with Crippen molar-refractivity contribution in [1.29, 1.82) is 0 Å². The topological polar surface area (TPSA) is 89.6 Å². The Labute approximate surface area is 186 Å². The lowest BCUT2D eigenvalue weighted by atomic mass is 10.1. The number of H-pyrrole nitrogens is 1. The molecule has 158 valence electrons. The molecule has 9 heteroatoms. The SMILES string of the molecule is CCNC(=NCCc1c[nH]c2cc(F)ccc12)NCCN1C(=O)CCCC1=O.I. The molecule has 0 spiro atoms. The van der Waals surface area contributed by atoms with E-state index in [1.165, 1.54) is 17.0 Å². The number of hydrogen-bond acceptors (Lipinski definition) is 3. The van der Waals surface area contributed by atoms with Crippen LogP contribution in [0.5, 0.6) is 0 Å². The van der Waals surface area contributed by atoms with Crippen molar-refractivity contribution in [2.24, 2.45) is 4.99 Å². The zero-order valence-corrected chi connectivity index (χ0v) is 18.8. The average Bonchev–Trinajstić information content (AvgIpc) is 3.06. The first-order chi connectivity index (χ1) is 13.6. The molecule has 1 aromatic carbocycles. The van der Waals surface area contributed by atoms with Gasteiger partial charge in [-0.25, -0.2) is 4.39 Å². The minimum atomic E-state index is -0.261. The van der Waals surface area contributed by atoms with Gasteiger partial charge in [0.15, 0.2) is 5.96 Å². The summed E-state index contributed by atoms with van der Waals surface area (Å²) in [6.45, 7) is 4.04. The van der Waals surface area contributed by atoms with Gasteiger partial charge in [0.05, 0.1) is 0 Å². The third kappa shape index (κ3) is 6.15. The Morgan fingerprint density at radius 2 is 2.00 bits per heavy atom. The Hall–Kier alpha value is -2.17. The number of aromatic nitrogens is 1. The molecule has 3 rings (SSSR count). The van der Waals surface area contributed by atoms with Crippen molar-refractivity contribution in [3.63, 3.8) is 0 Å². The van der Waals surface area contributed by atoms with E-state index in [0.717, 1.165) is 16.5 Å². The van der Waals surface area contributed by atoms with Crippen molar-refractivity contribution in [1.82, 2.24) is 20.5 Å². The van der Waals surface area contributed by atoms with Crippen molar-refractivity contribution >= 4 is 52.7 Å². The highest BCUT2D eigenvalue weighted by molar-refractivity contribution is 14.0. The summed E-state index contributed by atoms with van der Waals surface area (Å²) in [7, 11) is 0. The number of nitrogens with one attached hydrogen (secondary N) is 3. The van der Waals surface area contributed by atoms with E-state index in [0.29, 0.717) is 57.8 Å². The van der Waals surface area contributed by atoms with Gasteiger partial charge >= 0.3 is 0 Å². The predicted molar refractivity (Wildman–Crippen MR) is 122 cm³/mol. The monoisotopic (exact) mass is 515 g/mol. The summed E-state index contributed by atoms with van der Waals surface area (Å²) < 4.78 is 13.3. The number of piperidine rings is 1. The lowest BCUT2D eigenvalue weighted by Crippen LogP contribution is -2.46. The molecular formula is C20H27FIN5O2. The van der Waals surface area contributed by atoms with Gasteiger partial charge in [0.25, 0.3) is 0 Å². The molecular weight excluding hydrogens is 488 g/mol. The van der Waals surface area contributed by atoms with Crippen LogP contribution in [0.1, 0.15) is 31.7 Å². The molecule has 3 N–H and O–H groups in total. The molecule has 1 aliphatic heterocycles. The van der Waals surface area contributed by atoms with Gasteiger partial charge in [-0.05, 0) is 43.5 Å². The van der Waals surface area contributed by atoms with E-state index < -0.39 is 0 Å². The van der Waals surface area contributed by atoms with E-state index in [4.69, 9.17) is 0 Å². The number of carbonyl (C=O) groups excluding carboxylic acids is 2. The van der Waals surface area contributed by atoms with E-state index >= 15 is 0 Å². The molecule has 0 bridgehead atoms. The van der Waals surface area contributed by atoms with E-state index in [2.05, 4.69) is 20.6 Å². The van der Waals surface area contributed by atoms with Gasteiger partial charge in [0.1, 0.15) is 5.82 Å². The van der Waals surface area contributed by atoms with Crippen LogP contribution >= 0.6 is 24.0 Å². The second-order valence-electron chi connectivity index (χ2n) is 6.73. The molecule has 1 aromatic heterocycles. The maximum Gasteiger partial charge on any atom is 0.229 e. The van der Waals surface area contributed by atoms with Gasteiger partial charge in [-0.1, -0.05) is 0 Å². The van der Waals surface area contributed by atoms with Gasteiger partial charge in [-0.2, -0.15) is 0 Å². The minimum absolute atomic E-state index is 0. The standard InChI is InChI=1S/C20H26FN5O2.HI/c1-2-22-20(24-10-11-26-18(27)4-3-5-19(26)28)23-9-8-14-13-25-17-12-15(21)6-7-16(14)17;/h6-7,12-13,25H,2-5,8-11H2,1H3,(H2,22,23,24);1H. The Morgan fingerprint density at radius 1 is 1.24 bits per heavy atom. The zero-order chi connectivity index (χ0) is 19.9. The smallest absolute Gasteiger partial charge is 0.229 e.